The molecule has 3 atom stereocenters. The molecule has 2 aliphatic heterocycles. The van der Waals surface area contributed by atoms with Crippen molar-refractivity contribution in [1.82, 2.24) is 0 Å². The quantitative estimate of drug-likeness (QED) is 0.762. The van der Waals surface area contributed by atoms with Gasteiger partial charge in [-0.05, 0) is 49.8 Å². The van der Waals surface area contributed by atoms with E-state index in [0.29, 0.717) is 6.04 Å². The summed E-state index contributed by atoms with van der Waals surface area (Å²) in [6.45, 7) is 1.12. The van der Waals surface area contributed by atoms with Gasteiger partial charge in [-0.15, -0.1) is 0 Å². The zero-order valence-electron chi connectivity index (χ0n) is 11.2. The lowest BCUT2D eigenvalue weighted by molar-refractivity contribution is 0.215. The van der Waals surface area contributed by atoms with E-state index in [0.717, 1.165) is 18.5 Å². The van der Waals surface area contributed by atoms with E-state index in [-0.39, 0.29) is 0 Å². The first-order valence-corrected chi connectivity index (χ1v) is 8.44. The second kappa shape index (κ2) is 4.69. The summed E-state index contributed by atoms with van der Waals surface area (Å²) in [7, 11) is 0. The lowest BCUT2D eigenvalue weighted by Gasteiger charge is -2.52. The Morgan fingerprint density at radius 2 is 2.00 bits per heavy atom. The average Bonchev–Trinajstić information content (AvgIpc) is 2.46. The number of fused-ring (bicyclic) bond motifs is 5. The van der Waals surface area contributed by atoms with Crippen LogP contribution in [0.1, 0.15) is 38.5 Å². The highest BCUT2D eigenvalue weighted by atomic mass is 79.9. The first-order valence-electron chi connectivity index (χ1n) is 7.65. The van der Waals surface area contributed by atoms with E-state index in [4.69, 9.17) is 0 Å². The monoisotopic (exact) mass is 320 g/mol. The predicted molar refractivity (Wildman–Crippen MR) is 83.9 cm³/mol. The zero-order chi connectivity index (χ0) is 12.8. The fraction of sp³-hybridized carbons (Fsp3) is 0.625. The van der Waals surface area contributed by atoms with E-state index in [1.54, 1.807) is 0 Å². The van der Waals surface area contributed by atoms with Crippen molar-refractivity contribution in [2.75, 3.05) is 16.8 Å². The van der Waals surface area contributed by atoms with Crippen LogP contribution >= 0.6 is 15.9 Å². The Labute approximate surface area is 123 Å². The predicted octanol–water partition coefficient (Wildman–Crippen LogP) is 4.40. The SMILES string of the molecule is Brc1ccc2c(c1)NCC1CCC3CCCCC3N21. The molecule has 3 aliphatic rings. The van der Waals surface area contributed by atoms with Gasteiger partial charge in [-0.1, -0.05) is 28.8 Å². The minimum absolute atomic E-state index is 0.716. The average molecular weight is 321 g/mol. The summed E-state index contributed by atoms with van der Waals surface area (Å²) in [5, 5.41) is 3.63. The molecule has 2 fully saturated rings. The van der Waals surface area contributed by atoms with E-state index in [2.05, 4.69) is 44.3 Å². The molecule has 2 heterocycles. The van der Waals surface area contributed by atoms with Crippen LogP contribution in [-0.4, -0.2) is 18.6 Å². The topological polar surface area (TPSA) is 15.3 Å². The number of anilines is 2. The van der Waals surface area contributed by atoms with Crippen LogP contribution in [0.3, 0.4) is 0 Å². The molecule has 1 aromatic rings. The van der Waals surface area contributed by atoms with Crippen LogP contribution in [0, 0.1) is 5.92 Å². The first kappa shape index (κ1) is 12.1. The lowest BCUT2D eigenvalue weighted by Crippen LogP contribution is -2.56. The number of nitrogens with one attached hydrogen (secondary N) is 1. The van der Waals surface area contributed by atoms with Crippen LogP contribution in [0.4, 0.5) is 11.4 Å². The normalized spacial score (nSPS) is 32.9. The van der Waals surface area contributed by atoms with E-state index in [9.17, 15) is 0 Å². The third-order valence-corrected chi connectivity index (χ3v) is 5.75. The van der Waals surface area contributed by atoms with Crippen molar-refractivity contribution in [3.8, 4) is 0 Å². The smallest absolute Gasteiger partial charge is 0.0608 e. The lowest BCUT2D eigenvalue weighted by atomic mass is 9.75. The summed E-state index contributed by atoms with van der Waals surface area (Å²) in [5.41, 5.74) is 2.76. The number of halogens is 1. The molecule has 0 aromatic heterocycles. The standard InChI is InChI=1S/C16H21BrN2/c17-12-6-8-16-14(9-12)18-10-13-7-5-11-3-1-2-4-15(11)19(13)16/h6,8-9,11,13,15,18H,1-5,7,10H2. The van der Waals surface area contributed by atoms with E-state index >= 15 is 0 Å². The highest BCUT2D eigenvalue weighted by molar-refractivity contribution is 9.10. The van der Waals surface area contributed by atoms with Crippen molar-refractivity contribution < 1.29 is 0 Å². The van der Waals surface area contributed by atoms with Gasteiger partial charge in [0.1, 0.15) is 0 Å². The fourth-order valence-corrected chi connectivity index (χ4v) is 4.75. The van der Waals surface area contributed by atoms with Gasteiger partial charge in [0, 0.05) is 23.1 Å². The van der Waals surface area contributed by atoms with E-state index in [1.165, 1.54) is 54.4 Å². The van der Waals surface area contributed by atoms with Crippen molar-refractivity contribution in [2.24, 2.45) is 5.92 Å². The molecule has 1 aliphatic carbocycles. The van der Waals surface area contributed by atoms with Crippen molar-refractivity contribution in [3.05, 3.63) is 22.7 Å². The Hall–Kier alpha value is -0.700. The van der Waals surface area contributed by atoms with E-state index < -0.39 is 0 Å². The summed E-state index contributed by atoms with van der Waals surface area (Å²) in [6.07, 6.45) is 8.53. The first-order chi connectivity index (χ1) is 9.33. The molecule has 0 amide bonds. The second-order valence-corrected chi connectivity index (χ2v) is 7.21. The summed E-state index contributed by atoms with van der Waals surface area (Å²) >= 11 is 3.59. The van der Waals surface area contributed by atoms with Gasteiger partial charge < -0.3 is 10.2 Å². The van der Waals surface area contributed by atoms with Crippen LogP contribution in [-0.2, 0) is 0 Å². The Kier molecular flexibility index (Phi) is 2.98. The summed E-state index contributed by atoms with van der Waals surface area (Å²) in [6, 6.07) is 8.24. The maximum absolute atomic E-state index is 3.63. The maximum atomic E-state index is 3.63. The van der Waals surface area contributed by atoms with Crippen molar-refractivity contribution in [1.29, 1.82) is 0 Å². The van der Waals surface area contributed by atoms with Gasteiger partial charge >= 0.3 is 0 Å². The van der Waals surface area contributed by atoms with Crippen molar-refractivity contribution in [3.63, 3.8) is 0 Å². The second-order valence-electron chi connectivity index (χ2n) is 6.29. The number of hydrogen-bond acceptors (Lipinski definition) is 2. The molecule has 19 heavy (non-hydrogen) atoms. The number of benzene rings is 1. The zero-order valence-corrected chi connectivity index (χ0v) is 12.8. The Bertz CT molecular complexity index is 488. The largest absolute Gasteiger partial charge is 0.381 e. The molecule has 1 N–H and O–H groups in total. The summed E-state index contributed by atoms with van der Waals surface area (Å²) in [5.74, 6) is 0.944. The molecular formula is C16H21BrN2. The molecule has 4 rings (SSSR count). The molecule has 0 radical (unpaired) electrons. The molecule has 1 saturated heterocycles. The van der Waals surface area contributed by atoms with E-state index in [1.807, 2.05) is 0 Å². The third kappa shape index (κ3) is 1.97. The summed E-state index contributed by atoms with van der Waals surface area (Å²) < 4.78 is 1.18. The number of rotatable bonds is 0. The van der Waals surface area contributed by atoms with Crippen LogP contribution < -0.4 is 10.2 Å². The molecule has 1 aromatic carbocycles. The van der Waals surface area contributed by atoms with Crippen LogP contribution in [0.2, 0.25) is 0 Å². The van der Waals surface area contributed by atoms with Gasteiger partial charge in [0.25, 0.3) is 0 Å². The van der Waals surface area contributed by atoms with Gasteiger partial charge in [-0.3, -0.25) is 0 Å². The third-order valence-electron chi connectivity index (χ3n) is 5.26. The van der Waals surface area contributed by atoms with Crippen LogP contribution in [0.15, 0.2) is 22.7 Å². The van der Waals surface area contributed by atoms with Crippen LogP contribution in [0.25, 0.3) is 0 Å². The Balaban J connectivity index is 1.74. The molecule has 3 unspecified atom stereocenters. The molecule has 3 heteroatoms. The van der Waals surface area contributed by atoms with Gasteiger partial charge in [-0.25, -0.2) is 0 Å². The fourth-order valence-electron chi connectivity index (χ4n) is 4.39. The molecule has 2 nitrogen and oxygen atoms in total. The Morgan fingerprint density at radius 3 is 2.95 bits per heavy atom. The highest BCUT2D eigenvalue weighted by Crippen LogP contribution is 2.45. The number of hydrogen-bond donors (Lipinski definition) is 1. The molecule has 1 saturated carbocycles. The molecule has 102 valence electrons. The molecular weight excluding hydrogens is 300 g/mol. The summed E-state index contributed by atoms with van der Waals surface area (Å²) in [4.78, 5) is 2.77. The Morgan fingerprint density at radius 1 is 1.11 bits per heavy atom. The molecule has 0 bridgehead atoms. The van der Waals surface area contributed by atoms with Crippen LogP contribution in [0.5, 0.6) is 0 Å². The van der Waals surface area contributed by atoms with Crippen molar-refractivity contribution >= 4 is 27.3 Å². The minimum Gasteiger partial charge on any atom is -0.381 e. The molecule has 0 spiro atoms. The van der Waals surface area contributed by atoms with Gasteiger partial charge in [-0.2, -0.15) is 0 Å². The van der Waals surface area contributed by atoms with Gasteiger partial charge in [0.05, 0.1) is 11.4 Å². The minimum atomic E-state index is 0.716. The van der Waals surface area contributed by atoms with Gasteiger partial charge in [0.15, 0.2) is 0 Å². The highest BCUT2D eigenvalue weighted by Gasteiger charge is 2.40. The maximum Gasteiger partial charge on any atom is 0.0608 e. The number of piperidine rings is 1. The van der Waals surface area contributed by atoms with Crippen molar-refractivity contribution in [2.45, 2.75) is 50.6 Å². The van der Waals surface area contributed by atoms with Gasteiger partial charge in [0.2, 0.25) is 0 Å². The number of nitrogens with zero attached hydrogens (tertiary/aromatic N) is 1.